The van der Waals surface area contributed by atoms with Gasteiger partial charge in [0.25, 0.3) is 0 Å². The number of halogens is 2. The Balaban J connectivity index is 2.33. The molecule has 0 spiro atoms. The minimum atomic E-state index is 0.263. The van der Waals surface area contributed by atoms with E-state index in [1.165, 1.54) is 37.7 Å². The summed E-state index contributed by atoms with van der Waals surface area (Å²) in [4.78, 5) is 0. The van der Waals surface area contributed by atoms with E-state index in [0.717, 1.165) is 0 Å². The van der Waals surface area contributed by atoms with Crippen LogP contribution in [0.25, 0.3) is 0 Å². The fourth-order valence-corrected chi connectivity index (χ4v) is 3.49. The summed E-state index contributed by atoms with van der Waals surface area (Å²) >= 11 is 12.2. The molecule has 0 amide bonds. The molecule has 0 saturated heterocycles. The van der Waals surface area contributed by atoms with E-state index in [4.69, 9.17) is 23.2 Å². The second kappa shape index (κ2) is 5.81. The van der Waals surface area contributed by atoms with E-state index in [9.17, 15) is 0 Å². The molecule has 1 aliphatic rings. The second-order valence-corrected chi connectivity index (χ2v) is 6.08. The molecule has 1 aliphatic carbocycles. The summed E-state index contributed by atoms with van der Waals surface area (Å²) in [5, 5.41) is 4.82. The first kappa shape index (κ1) is 14.2. The van der Waals surface area contributed by atoms with Crippen molar-refractivity contribution in [2.75, 3.05) is 7.05 Å². The van der Waals surface area contributed by atoms with Gasteiger partial charge in [-0.15, -0.1) is 0 Å². The van der Waals surface area contributed by atoms with Gasteiger partial charge >= 0.3 is 0 Å². The smallest absolute Gasteiger partial charge is 0.0595 e. The molecule has 0 aliphatic heterocycles. The van der Waals surface area contributed by atoms with Crippen LogP contribution in [0.4, 0.5) is 0 Å². The lowest BCUT2D eigenvalue weighted by atomic mass is 9.59. The average Bonchev–Trinajstić information content (AvgIpc) is 2.31. The molecule has 2 rings (SSSR count). The minimum absolute atomic E-state index is 0.263. The Bertz CT molecular complexity index is 413. The van der Waals surface area contributed by atoms with Gasteiger partial charge in [0, 0.05) is 11.5 Å². The molecule has 0 radical (unpaired) electrons. The molecule has 1 fully saturated rings. The van der Waals surface area contributed by atoms with Gasteiger partial charge in [0.15, 0.2) is 0 Å². The number of rotatable bonds is 5. The molecule has 1 aromatic carbocycles. The summed E-state index contributed by atoms with van der Waals surface area (Å²) in [6.07, 6.45) is 6.21. The second-order valence-electron chi connectivity index (χ2n) is 5.27. The Morgan fingerprint density at radius 3 is 2.44 bits per heavy atom. The monoisotopic (exact) mass is 285 g/mol. The first-order valence-corrected chi connectivity index (χ1v) is 7.52. The Hall–Kier alpha value is -0.240. The fraction of sp³-hybridized carbons (Fsp3) is 0.600. The number of hydrogen-bond donors (Lipinski definition) is 1. The van der Waals surface area contributed by atoms with E-state index < -0.39 is 0 Å². The van der Waals surface area contributed by atoms with Gasteiger partial charge in [-0.1, -0.05) is 49.0 Å². The highest BCUT2D eigenvalue weighted by molar-refractivity contribution is 6.42. The Kier molecular flexibility index (Phi) is 4.58. The van der Waals surface area contributed by atoms with E-state index in [1.54, 1.807) is 0 Å². The van der Waals surface area contributed by atoms with Crippen molar-refractivity contribution in [3.8, 4) is 0 Å². The lowest BCUT2D eigenvalue weighted by Gasteiger charge is -2.48. The van der Waals surface area contributed by atoms with Crippen LogP contribution in [0.3, 0.4) is 0 Å². The molecule has 1 atom stereocenters. The van der Waals surface area contributed by atoms with Crippen molar-refractivity contribution in [1.82, 2.24) is 5.32 Å². The van der Waals surface area contributed by atoms with Gasteiger partial charge in [0.05, 0.1) is 10.0 Å². The van der Waals surface area contributed by atoms with Gasteiger partial charge in [0.2, 0.25) is 0 Å². The maximum Gasteiger partial charge on any atom is 0.0595 e. The highest BCUT2D eigenvalue weighted by Crippen LogP contribution is 2.48. The Morgan fingerprint density at radius 1 is 1.28 bits per heavy atom. The number of likely N-dealkylation sites (N-methyl/N-ethyl adjacent to an activating group) is 1. The highest BCUT2D eigenvalue weighted by Gasteiger charge is 2.44. The van der Waals surface area contributed by atoms with E-state index in [1.807, 2.05) is 6.07 Å². The first-order valence-electron chi connectivity index (χ1n) is 6.77. The van der Waals surface area contributed by atoms with Gasteiger partial charge in [0.1, 0.15) is 0 Å². The van der Waals surface area contributed by atoms with Gasteiger partial charge < -0.3 is 5.32 Å². The summed E-state index contributed by atoms with van der Waals surface area (Å²) in [6, 6.07) is 6.67. The van der Waals surface area contributed by atoms with Crippen molar-refractivity contribution >= 4 is 23.2 Å². The van der Waals surface area contributed by atoms with Crippen LogP contribution in [-0.4, -0.2) is 13.1 Å². The van der Waals surface area contributed by atoms with Crippen LogP contribution < -0.4 is 5.32 Å². The van der Waals surface area contributed by atoms with E-state index >= 15 is 0 Å². The Morgan fingerprint density at radius 2 is 2.00 bits per heavy atom. The molecule has 18 heavy (non-hydrogen) atoms. The molecular weight excluding hydrogens is 265 g/mol. The zero-order valence-corrected chi connectivity index (χ0v) is 12.6. The van der Waals surface area contributed by atoms with Crippen molar-refractivity contribution in [1.29, 1.82) is 0 Å². The molecule has 0 heterocycles. The fourth-order valence-electron chi connectivity index (χ4n) is 3.19. The van der Waals surface area contributed by atoms with E-state index in [2.05, 4.69) is 31.4 Å². The van der Waals surface area contributed by atoms with Crippen molar-refractivity contribution in [2.45, 2.75) is 50.5 Å². The topological polar surface area (TPSA) is 12.0 Å². The van der Waals surface area contributed by atoms with Crippen LogP contribution in [0.1, 0.15) is 44.6 Å². The number of nitrogens with one attached hydrogen (secondary N) is 1. The summed E-state index contributed by atoms with van der Waals surface area (Å²) in [5.41, 5.74) is 1.61. The molecule has 0 aromatic heterocycles. The summed E-state index contributed by atoms with van der Waals surface area (Å²) < 4.78 is 0. The Labute approximate surface area is 120 Å². The normalized spacial score (nSPS) is 19.3. The van der Waals surface area contributed by atoms with Gasteiger partial charge in [-0.25, -0.2) is 0 Å². The number of benzene rings is 1. The molecule has 1 unspecified atom stereocenters. The SMILES string of the molecule is CCCC(NC)C1(c2ccc(Cl)c(Cl)c2)CCC1. The van der Waals surface area contributed by atoms with Crippen LogP contribution in [0.15, 0.2) is 18.2 Å². The lowest BCUT2D eigenvalue weighted by Crippen LogP contribution is -2.51. The largest absolute Gasteiger partial charge is 0.316 e. The molecule has 1 nitrogen and oxygen atoms in total. The van der Waals surface area contributed by atoms with Crippen molar-refractivity contribution in [3.05, 3.63) is 33.8 Å². The van der Waals surface area contributed by atoms with E-state index in [0.29, 0.717) is 16.1 Å². The molecule has 3 heteroatoms. The molecule has 0 bridgehead atoms. The minimum Gasteiger partial charge on any atom is -0.316 e. The van der Waals surface area contributed by atoms with Crippen molar-refractivity contribution < 1.29 is 0 Å². The first-order chi connectivity index (χ1) is 8.64. The quantitative estimate of drug-likeness (QED) is 0.819. The lowest BCUT2D eigenvalue weighted by molar-refractivity contribution is 0.167. The molecule has 1 aromatic rings. The zero-order valence-electron chi connectivity index (χ0n) is 11.1. The third-order valence-electron chi connectivity index (χ3n) is 4.33. The molecular formula is C15H21Cl2N. The van der Waals surface area contributed by atoms with Gasteiger partial charge in [-0.05, 0) is 44.0 Å². The van der Waals surface area contributed by atoms with Crippen LogP contribution >= 0.6 is 23.2 Å². The third kappa shape index (κ3) is 2.41. The average molecular weight is 286 g/mol. The van der Waals surface area contributed by atoms with Crippen molar-refractivity contribution in [2.24, 2.45) is 0 Å². The van der Waals surface area contributed by atoms with Crippen molar-refractivity contribution in [3.63, 3.8) is 0 Å². The number of hydrogen-bond acceptors (Lipinski definition) is 1. The summed E-state index contributed by atoms with van der Waals surface area (Å²) in [6.45, 7) is 2.24. The van der Waals surface area contributed by atoms with Gasteiger partial charge in [-0.3, -0.25) is 0 Å². The maximum absolute atomic E-state index is 6.17. The predicted molar refractivity (Wildman–Crippen MR) is 79.7 cm³/mol. The van der Waals surface area contributed by atoms with E-state index in [-0.39, 0.29) is 5.41 Å². The van der Waals surface area contributed by atoms with Crippen LogP contribution in [0, 0.1) is 0 Å². The predicted octanol–water partition coefficient (Wildman–Crippen LogP) is 4.80. The third-order valence-corrected chi connectivity index (χ3v) is 5.07. The molecule has 1 saturated carbocycles. The summed E-state index contributed by atoms with van der Waals surface area (Å²) in [5.74, 6) is 0. The van der Waals surface area contributed by atoms with Crippen LogP contribution in [0.5, 0.6) is 0 Å². The zero-order chi connectivity index (χ0) is 13.2. The van der Waals surface area contributed by atoms with Crippen LogP contribution in [0.2, 0.25) is 10.0 Å². The van der Waals surface area contributed by atoms with Crippen LogP contribution in [-0.2, 0) is 5.41 Å². The summed E-state index contributed by atoms with van der Waals surface area (Å²) in [7, 11) is 2.07. The van der Waals surface area contributed by atoms with Gasteiger partial charge in [-0.2, -0.15) is 0 Å². The molecule has 1 N–H and O–H groups in total. The standard InChI is InChI=1S/C15H21Cl2N/c1-3-5-14(18-2)15(8-4-9-15)11-6-7-12(16)13(17)10-11/h6-7,10,14,18H,3-5,8-9H2,1-2H3. The maximum atomic E-state index is 6.17. The highest BCUT2D eigenvalue weighted by atomic mass is 35.5. The molecule has 100 valence electrons.